The third-order valence-corrected chi connectivity index (χ3v) is 5.97. The van der Waals surface area contributed by atoms with E-state index in [1.165, 1.54) is 0 Å². The van der Waals surface area contributed by atoms with Gasteiger partial charge < -0.3 is 15.0 Å². The lowest BCUT2D eigenvalue weighted by atomic mass is 10.1. The van der Waals surface area contributed by atoms with Gasteiger partial charge >= 0.3 is 0 Å². The lowest BCUT2D eigenvalue weighted by Crippen LogP contribution is -2.51. The van der Waals surface area contributed by atoms with E-state index in [0.717, 1.165) is 12.0 Å². The van der Waals surface area contributed by atoms with E-state index in [2.05, 4.69) is 5.32 Å². The Morgan fingerprint density at radius 3 is 2.29 bits per heavy atom. The van der Waals surface area contributed by atoms with Gasteiger partial charge in [-0.05, 0) is 55.2 Å². The number of halogens is 2. The van der Waals surface area contributed by atoms with Crippen LogP contribution in [0, 0.1) is 0 Å². The molecule has 0 heterocycles. The van der Waals surface area contributed by atoms with Crippen LogP contribution in [0.15, 0.2) is 42.5 Å². The molecule has 0 radical (unpaired) electrons. The molecule has 31 heavy (non-hydrogen) atoms. The first-order valence-corrected chi connectivity index (χ1v) is 11.2. The molecule has 2 aromatic rings. The van der Waals surface area contributed by atoms with Crippen LogP contribution in [0.25, 0.3) is 0 Å². The summed E-state index contributed by atoms with van der Waals surface area (Å²) in [5, 5.41) is 3.86. The van der Waals surface area contributed by atoms with Gasteiger partial charge in [-0.2, -0.15) is 0 Å². The van der Waals surface area contributed by atoms with E-state index in [1.807, 2.05) is 45.0 Å². The number of benzene rings is 2. The maximum absolute atomic E-state index is 13.4. The number of carbonyl (C=O) groups excluding carboxylic acids is 2. The second-order valence-electron chi connectivity index (χ2n) is 7.49. The highest BCUT2D eigenvalue weighted by Crippen LogP contribution is 2.26. The molecule has 2 atom stereocenters. The fourth-order valence-corrected chi connectivity index (χ4v) is 3.81. The number of ether oxygens (including phenoxy) is 1. The van der Waals surface area contributed by atoms with Gasteiger partial charge in [0.05, 0.1) is 13.5 Å². The Kier molecular flexibility index (Phi) is 9.66. The Morgan fingerprint density at radius 1 is 1.06 bits per heavy atom. The topological polar surface area (TPSA) is 58.6 Å². The van der Waals surface area contributed by atoms with E-state index in [0.29, 0.717) is 27.8 Å². The summed E-state index contributed by atoms with van der Waals surface area (Å²) < 4.78 is 5.31. The molecule has 0 aromatic heterocycles. The normalized spacial score (nSPS) is 12.7. The molecule has 0 aliphatic rings. The number of carbonyl (C=O) groups is 2. The first-order valence-electron chi connectivity index (χ1n) is 10.5. The van der Waals surface area contributed by atoms with Crippen LogP contribution in [-0.4, -0.2) is 35.9 Å². The van der Waals surface area contributed by atoms with Crippen molar-refractivity contribution < 1.29 is 14.3 Å². The standard InChI is InChI=1S/C24H30Cl2N2O3/c1-5-16(3)27-24(30)22(6-2)28(15-17-9-7-10-18(13-17)31-4)23(29)14-19-20(25)11-8-12-21(19)26/h7-13,16,22H,5-6,14-15H2,1-4H3,(H,27,30)/t16-,22+/m1/s1. The van der Waals surface area contributed by atoms with Crippen molar-refractivity contribution in [2.75, 3.05) is 7.11 Å². The molecular formula is C24H30Cl2N2O3. The van der Waals surface area contributed by atoms with Gasteiger partial charge in [0.1, 0.15) is 11.8 Å². The van der Waals surface area contributed by atoms with E-state index in [4.69, 9.17) is 27.9 Å². The third-order valence-electron chi connectivity index (χ3n) is 5.26. The average Bonchev–Trinajstić information content (AvgIpc) is 2.76. The van der Waals surface area contributed by atoms with E-state index in [1.54, 1.807) is 30.2 Å². The zero-order valence-electron chi connectivity index (χ0n) is 18.5. The van der Waals surface area contributed by atoms with E-state index >= 15 is 0 Å². The molecule has 2 rings (SSSR count). The maximum atomic E-state index is 13.4. The van der Waals surface area contributed by atoms with Crippen molar-refractivity contribution in [2.45, 2.75) is 58.7 Å². The number of methoxy groups -OCH3 is 1. The summed E-state index contributed by atoms with van der Waals surface area (Å²) in [5.74, 6) is 0.304. The van der Waals surface area contributed by atoms with Crippen LogP contribution in [0.2, 0.25) is 10.0 Å². The molecule has 0 spiro atoms. The molecule has 0 aliphatic carbocycles. The Balaban J connectivity index is 2.37. The summed E-state index contributed by atoms with van der Waals surface area (Å²) in [6.45, 7) is 6.12. The van der Waals surface area contributed by atoms with Gasteiger partial charge in [-0.25, -0.2) is 0 Å². The monoisotopic (exact) mass is 464 g/mol. The molecule has 0 unspecified atom stereocenters. The van der Waals surface area contributed by atoms with Crippen molar-refractivity contribution in [2.24, 2.45) is 0 Å². The summed E-state index contributed by atoms with van der Waals surface area (Å²) in [5.41, 5.74) is 1.43. The predicted molar refractivity (Wildman–Crippen MR) is 126 cm³/mol. The number of hydrogen-bond acceptors (Lipinski definition) is 3. The molecule has 0 bridgehead atoms. The van der Waals surface area contributed by atoms with Crippen LogP contribution >= 0.6 is 23.2 Å². The Hall–Kier alpha value is -2.24. The smallest absolute Gasteiger partial charge is 0.243 e. The molecule has 0 aliphatic heterocycles. The van der Waals surface area contributed by atoms with Gasteiger partial charge in [0, 0.05) is 22.6 Å². The number of rotatable bonds is 10. The fraction of sp³-hybridized carbons (Fsp3) is 0.417. The zero-order chi connectivity index (χ0) is 23.0. The highest BCUT2D eigenvalue weighted by atomic mass is 35.5. The SMILES string of the molecule is CC[C@@H](C)NC(=O)[C@H](CC)N(Cc1cccc(OC)c1)C(=O)Cc1c(Cl)cccc1Cl. The molecule has 7 heteroatoms. The lowest BCUT2D eigenvalue weighted by Gasteiger charge is -2.32. The highest BCUT2D eigenvalue weighted by molar-refractivity contribution is 6.36. The highest BCUT2D eigenvalue weighted by Gasteiger charge is 2.30. The Bertz CT molecular complexity index is 884. The summed E-state index contributed by atoms with van der Waals surface area (Å²) in [6.07, 6.45) is 1.30. The molecule has 168 valence electrons. The molecule has 2 amide bonds. The van der Waals surface area contributed by atoms with Crippen LogP contribution in [0.4, 0.5) is 0 Å². The van der Waals surface area contributed by atoms with Crippen LogP contribution in [-0.2, 0) is 22.6 Å². The van der Waals surface area contributed by atoms with Gasteiger partial charge in [-0.15, -0.1) is 0 Å². The summed E-state index contributed by atoms with van der Waals surface area (Å²) in [7, 11) is 1.59. The van der Waals surface area contributed by atoms with Crippen molar-refractivity contribution >= 4 is 35.0 Å². The van der Waals surface area contributed by atoms with E-state index < -0.39 is 6.04 Å². The molecule has 5 nitrogen and oxygen atoms in total. The van der Waals surface area contributed by atoms with Gasteiger partial charge in [-0.1, -0.05) is 55.2 Å². The second-order valence-corrected chi connectivity index (χ2v) is 8.31. The zero-order valence-corrected chi connectivity index (χ0v) is 20.0. The molecule has 0 saturated carbocycles. The number of nitrogens with zero attached hydrogens (tertiary/aromatic N) is 1. The van der Waals surface area contributed by atoms with Crippen LogP contribution in [0.3, 0.4) is 0 Å². The first kappa shape index (κ1) is 25.0. The lowest BCUT2D eigenvalue weighted by molar-refractivity contribution is -0.141. The van der Waals surface area contributed by atoms with Crippen molar-refractivity contribution in [1.29, 1.82) is 0 Å². The molecule has 0 fully saturated rings. The van der Waals surface area contributed by atoms with Gasteiger partial charge in [0.15, 0.2) is 0 Å². The number of amides is 2. The fourth-order valence-electron chi connectivity index (χ4n) is 3.28. The van der Waals surface area contributed by atoms with Gasteiger partial charge in [-0.3, -0.25) is 9.59 Å². The van der Waals surface area contributed by atoms with Crippen LogP contribution < -0.4 is 10.1 Å². The summed E-state index contributed by atoms with van der Waals surface area (Å²) in [6, 6.07) is 12.0. The van der Waals surface area contributed by atoms with Crippen molar-refractivity contribution in [1.82, 2.24) is 10.2 Å². The molecule has 2 aromatic carbocycles. The summed E-state index contributed by atoms with van der Waals surface area (Å²) in [4.78, 5) is 28.0. The maximum Gasteiger partial charge on any atom is 0.243 e. The van der Waals surface area contributed by atoms with Crippen molar-refractivity contribution in [3.05, 3.63) is 63.6 Å². The first-order chi connectivity index (χ1) is 14.8. The molecule has 0 saturated heterocycles. The van der Waals surface area contributed by atoms with Gasteiger partial charge in [0.2, 0.25) is 11.8 Å². The second kappa shape index (κ2) is 12.0. The molecule has 1 N–H and O–H groups in total. The number of hydrogen-bond donors (Lipinski definition) is 1. The average molecular weight is 465 g/mol. The third kappa shape index (κ3) is 6.88. The van der Waals surface area contributed by atoms with Crippen molar-refractivity contribution in [3.8, 4) is 5.75 Å². The predicted octanol–water partition coefficient (Wildman–Crippen LogP) is 5.27. The van der Waals surface area contributed by atoms with Crippen LogP contribution in [0.5, 0.6) is 5.75 Å². The number of nitrogens with one attached hydrogen (secondary N) is 1. The Labute approximate surface area is 194 Å². The van der Waals surface area contributed by atoms with Crippen LogP contribution in [0.1, 0.15) is 44.7 Å². The van der Waals surface area contributed by atoms with Gasteiger partial charge in [0.25, 0.3) is 0 Å². The largest absolute Gasteiger partial charge is 0.497 e. The minimum Gasteiger partial charge on any atom is -0.497 e. The molecular weight excluding hydrogens is 435 g/mol. The minimum absolute atomic E-state index is 0.00951. The minimum atomic E-state index is -0.617. The summed E-state index contributed by atoms with van der Waals surface area (Å²) >= 11 is 12.6. The van der Waals surface area contributed by atoms with Crippen molar-refractivity contribution in [3.63, 3.8) is 0 Å². The quantitative estimate of drug-likeness (QED) is 0.520. The Morgan fingerprint density at radius 2 is 1.71 bits per heavy atom. The van der Waals surface area contributed by atoms with E-state index in [9.17, 15) is 9.59 Å². The van der Waals surface area contributed by atoms with E-state index in [-0.39, 0.29) is 30.8 Å².